The monoisotopic (exact) mass is 394 g/mol. The standard InChI is InChI=1S/C17H13F3N4O2S/c1-10-3-2-8-24-14(10)22-15(23-16(24)26)27-9-13(25)21-12-6-4-11(5-7-12)17(18,19)20/h2-8H,9H2,1H3,(H,21,25). The van der Waals surface area contributed by atoms with E-state index in [1.807, 2.05) is 0 Å². The molecule has 10 heteroatoms. The number of thioether (sulfide) groups is 1. The van der Waals surface area contributed by atoms with E-state index in [4.69, 9.17) is 0 Å². The molecule has 2 heterocycles. The number of aromatic nitrogens is 3. The van der Waals surface area contributed by atoms with Crippen molar-refractivity contribution in [3.63, 3.8) is 0 Å². The van der Waals surface area contributed by atoms with Crippen molar-refractivity contribution in [2.45, 2.75) is 18.3 Å². The Hall–Kier alpha value is -2.88. The first-order chi connectivity index (χ1) is 12.7. The van der Waals surface area contributed by atoms with Gasteiger partial charge in [0, 0.05) is 11.9 Å². The fraction of sp³-hybridized carbons (Fsp3) is 0.176. The summed E-state index contributed by atoms with van der Waals surface area (Å²) in [7, 11) is 0. The summed E-state index contributed by atoms with van der Waals surface area (Å²) < 4.78 is 38.9. The molecule has 1 N–H and O–H groups in total. The number of halogens is 3. The minimum Gasteiger partial charge on any atom is -0.325 e. The van der Waals surface area contributed by atoms with Gasteiger partial charge in [-0.1, -0.05) is 17.8 Å². The third-order valence-corrected chi connectivity index (χ3v) is 4.44. The molecule has 0 saturated carbocycles. The highest BCUT2D eigenvalue weighted by atomic mass is 32.2. The highest BCUT2D eigenvalue weighted by Gasteiger charge is 2.29. The van der Waals surface area contributed by atoms with Crippen molar-refractivity contribution >= 4 is 29.0 Å². The second-order valence-corrected chi connectivity index (χ2v) is 6.53. The summed E-state index contributed by atoms with van der Waals surface area (Å²) in [6.07, 6.45) is -2.88. The number of carbonyl (C=O) groups is 1. The normalized spacial score (nSPS) is 11.6. The smallest absolute Gasteiger partial charge is 0.325 e. The van der Waals surface area contributed by atoms with E-state index in [9.17, 15) is 22.8 Å². The van der Waals surface area contributed by atoms with Crippen LogP contribution in [0.1, 0.15) is 11.1 Å². The Bertz CT molecular complexity index is 1050. The minimum atomic E-state index is -4.43. The zero-order valence-electron chi connectivity index (χ0n) is 13.9. The van der Waals surface area contributed by atoms with Crippen LogP contribution in [0.3, 0.4) is 0 Å². The van der Waals surface area contributed by atoms with Gasteiger partial charge in [-0.05, 0) is 42.8 Å². The number of carbonyl (C=O) groups excluding carboxylic acids is 1. The minimum absolute atomic E-state index is 0.0947. The van der Waals surface area contributed by atoms with Crippen LogP contribution in [-0.4, -0.2) is 26.0 Å². The second-order valence-electron chi connectivity index (χ2n) is 5.59. The lowest BCUT2D eigenvalue weighted by Crippen LogP contribution is -2.20. The van der Waals surface area contributed by atoms with Crippen LogP contribution in [-0.2, 0) is 11.0 Å². The summed E-state index contributed by atoms with van der Waals surface area (Å²) in [5, 5.41) is 2.64. The number of pyridine rings is 1. The predicted molar refractivity (Wildman–Crippen MR) is 94.8 cm³/mol. The predicted octanol–water partition coefficient (Wildman–Crippen LogP) is 3.15. The van der Waals surface area contributed by atoms with Gasteiger partial charge in [-0.3, -0.25) is 9.20 Å². The number of aryl methyl sites for hydroxylation is 1. The largest absolute Gasteiger partial charge is 0.416 e. The van der Waals surface area contributed by atoms with Crippen molar-refractivity contribution in [1.82, 2.24) is 14.4 Å². The molecule has 0 aliphatic carbocycles. The van der Waals surface area contributed by atoms with E-state index >= 15 is 0 Å². The fourth-order valence-corrected chi connectivity index (χ4v) is 2.92. The Labute approximate surface area is 155 Å². The van der Waals surface area contributed by atoms with Crippen LogP contribution in [0.25, 0.3) is 5.65 Å². The number of amides is 1. The molecule has 0 aliphatic rings. The summed E-state index contributed by atoms with van der Waals surface area (Å²) >= 11 is 0.965. The third kappa shape index (κ3) is 4.45. The fourth-order valence-electron chi connectivity index (χ4n) is 2.29. The molecule has 3 aromatic rings. The Morgan fingerprint density at radius 1 is 1.19 bits per heavy atom. The average molecular weight is 394 g/mol. The van der Waals surface area contributed by atoms with Gasteiger partial charge in [-0.25, -0.2) is 9.78 Å². The highest BCUT2D eigenvalue weighted by molar-refractivity contribution is 7.99. The van der Waals surface area contributed by atoms with Crippen molar-refractivity contribution in [2.75, 3.05) is 11.1 Å². The SMILES string of the molecule is Cc1cccn2c(=O)nc(SCC(=O)Nc3ccc(C(F)(F)F)cc3)nc12. The van der Waals surface area contributed by atoms with Crippen LogP contribution in [0, 0.1) is 6.92 Å². The van der Waals surface area contributed by atoms with E-state index in [0.717, 1.165) is 29.5 Å². The molecule has 1 aromatic carbocycles. The molecule has 2 aromatic heterocycles. The molecule has 0 bridgehead atoms. The molecule has 0 saturated heterocycles. The maximum Gasteiger partial charge on any atom is 0.416 e. The highest BCUT2D eigenvalue weighted by Crippen LogP contribution is 2.29. The molecule has 0 aliphatic heterocycles. The maximum atomic E-state index is 12.5. The first-order valence-electron chi connectivity index (χ1n) is 7.70. The number of anilines is 1. The van der Waals surface area contributed by atoms with Gasteiger partial charge in [-0.2, -0.15) is 18.2 Å². The first-order valence-corrected chi connectivity index (χ1v) is 8.68. The molecular formula is C17H13F3N4O2S. The van der Waals surface area contributed by atoms with E-state index in [1.54, 1.807) is 25.3 Å². The molecule has 27 heavy (non-hydrogen) atoms. The number of hydrogen-bond acceptors (Lipinski definition) is 5. The molecule has 0 unspecified atom stereocenters. The molecule has 0 spiro atoms. The first kappa shape index (κ1) is 18.9. The van der Waals surface area contributed by atoms with Crippen LogP contribution in [0.15, 0.2) is 52.5 Å². The summed E-state index contributed by atoms with van der Waals surface area (Å²) in [6, 6.07) is 7.63. The number of nitrogens with one attached hydrogen (secondary N) is 1. The average Bonchev–Trinajstić information content (AvgIpc) is 2.61. The van der Waals surface area contributed by atoms with Crippen molar-refractivity contribution < 1.29 is 18.0 Å². The summed E-state index contributed by atoms with van der Waals surface area (Å²) in [5.41, 5.74) is 0.171. The Morgan fingerprint density at radius 2 is 1.89 bits per heavy atom. The molecule has 0 fully saturated rings. The van der Waals surface area contributed by atoms with Crippen LogP contribution >= 0.6 is 11.8 Å². The topological polar surface area (TPSA) is 76.4 Å². The van der Waals surface area contributed by atoms with Gasteiger partial charge in [0.25, 0.3) is 0 Å². The maximum absolute atomic E-state index is 12.5. The summed E-state index contributed by atoms with van der Waals surface area (Å²) in [4.78, 5) is 32.1. The van der Waals surface area contributed by atoms with Gasteiger partial charge in [0.1, 0.15) is 5.65 Å². The molecule has 0 radical (unpaired) electrons. The van der Waals surface area contributed by atoms with Gasteiger partial charge in [0.2, 0.25) is 5.91 Å². The van der Waals surface area contributed by atoms with Crippen LogP contribution < -0.4 is 11.0 Å². The molecule has 0 atom stereocenters. The van der Waals surface area contributed by atoms with E-state index in [-0.39, 0.29) is 16.6 Å². The lowest BCUT2D eigenvalue weighted by atomic mass is 10.2. The lowest BCUT2D eigenvalue weighted by molar-refractivity contribution is -0.137. The Kier molecular flexibility index (Phi) is 5.17. The zero-order valence-corrected chi connectivity index (χ0v) is 14.8. The van der Waals surface area contributed by atoms with Crippen LogP contribution in [0.4, 0.5) is 18.9 Å². The number of nitrogens with zero attached hydrogens (tertiary/aromatic N) is 3. The molecule has 3 rings (SSSR count). The number of hydrogen-bond donors (Lipinski definition) is 1. The molecule has 140 valence electrons. The lowest BCUT2D eigenvalue weighted by Gasteiger charge is -2.09. The van der Waals surface area contributed by atoms with Gasteiger partial charge in [0.05, 0.1) is 11.3 Å². The summed E-state index contributed by atoms with van der Waals surface area (Å²) in [6.45, 7) is 1.80. The third-order valence-electron chi connectivity index (χ3n) is 3.59. The van der Waals surface area contributed by atoms with Gasteiger partial charge in [-0.15, -0.1) is 0 Å². The van der Waals surface area contributed by atoms with Crippen molar-refractivity contribution in [1.29, 1.82) is 0 Å². The Balaban J connectivity index is 1.66. The molecule has 1 amide bonds. The second kappa shape index (κ2) is 7.39. The van der Waals surface area contributed by atoms with E-state index in [0.29, 0.717) is 5.65 Å². The van der Waals surface area contributed by atoms with Crippen LogP contribution in [0.5, 0.6) is 0 Å². The quantitative estimate of drug-likeness (QED) is 0.688. The van der Waals surface area contributed by atoms with Crippen molar-refractivity contribution in [3.8, 4) is 0 Å². The van der Waals surface area contributed by atoms with Gasteiger partial charge in [0.15, 0.2) is 5.16 Å². The number of fused-ring (bicyclic) bond motifs is 1. The molecular weight excluding hydrogens is 381 g/mol. The van der Waals surface area contributed by atoms with Crippen molar-refractivity contribution in [3.05, 3.63) is 64.2 Å². The number of alkyl halides is 3. The van der Waals surface area contributed by atoms with Crippen molar-refractivity contribution in [2.24, 2.45) is 0 Å². The van der Waals surface area contributed by atoms with E-state index in [1.165, 1.54) is 16.5 Å². The molecule has 6 nitrogen and oxygen atoms in total. The van der Waals surface area contributed by atoms with E-state index in [2.05, 4.69) is 15.3 Å². The number of benzene rings is 1. The zero-order chi connectivity index (χ0) is 19.6. The summed E-state index contributed by atoms with van der Waals surface area (Å²) in [5.74, 6) is -0.545. The number of rotatable bonds is 4. The Morgan fingerprint density at radius 3 is 2.56 bits per heavy atom. The van der Waals surface area contributed by atoms with Gasteiger partial charge >= 0.3 is 11.9 Å². The van der Waals surface area contributed by atoms with E-state index < -0.39 is 23.3 Å². The van der Waals surface area contributed by atoms with Crippen LogP contribution in [0.2, 0.25) is 0 Å². The van der Waals surface area contributed by atoms with Gasteiger partial charge < -0.3 is 5.32 Å².